The number of hydrogen-bond acceptors (Lipinski definition) is 5. The van der Waals surface area contributed by atoms with Gasteiger partial charge in [-0.3, -0.25) is 19.7 Å². The second kappa shape index (κ2) is 6.16. The molecule has 120 valence electrons. The number of carbonyl (C=O) groups excluding carboxylic acids is 2. The standard InChI is InChI=1S/C17H18N2O4/c1-10-16(12(3)21)17(14(11(2)20)9-18(10)4)13-7-5-6-8-15(13)19(22)23/h5-8H,9H2,1-4H3. The van der Waals surface area contributed by atoms with Gasteiger partial charge in [-0.25, -0.2) is 0 Å². The summed E-state index contributed by atoms with van der Waals surface area (Å²) in [7, 11) is 1.79. The van der Waals surface area contributed by atoms with Crippen LogP contribution in [0, 0.1) is 10.1 Å². The summed E-state index contributed by atoms with van der Waals surface area (Å²) in [6.07, 6.45) is 0. The van der Waals surface area contributed by atoms with Crippen LogP contribution in [0.15, 0.2) is 41.1 Å². The highest BCUT2D eigenvalue weighted by Gasteiger charge is 2.31. The smallest absolute Gasteiger partial charge is 0.277 e. The van der Waals surface area contributed by atoms with Crippen molar-refractivity contribution in [1.29, 1.82) is 0 Å². The Kier molecular flexibility index (Phi) is 4.45. The molecule has 0 radical (unpaired) electrons. The second-order valence-electron chi connectivity index (χ2n) is 5.56. The molecule has 0 aromatic heterocycles. The predicted molar refractivity (Wildman–Crippen MR) is 86.7 cm³/mol. The van der Waals surface area contributed by atoms with Crippen molar-refractivity contribution < 1.29 is 14.5 Å². The number of para-hydroxylation sites is 1. The van der Waals surface area contributed by atoms with Crippen LogP contribution >= 0.6 is 0 Å². The highest BCUT2D eigenvalue weighted by Crippen LogP contribution is 2.38. The van der Waals surface area contributed by atoms with Crippen LogP contribution in [0.4, 0.5) is 5.69 Å². The molecule has 0 aliphatic carbocycles. The maximum Gasteiger partial charge on any atom is 0.277 e. The first-order valence-electron chi connectivity index (χ1n) is 7.16. The molecule has 0 unspecified atom stereocenters. The third-order valence-electron chi connectivity index (χ3n) is 4.03. The average Bonchev–Trinajstić information content (AvgIpc) is 2.48. The molecule has 2 rings (SSSR count). The largest absolute Gasteiger partial charge is 0.373 e. The Hall–Kier alpha value is -2.76. The molecule has 6 nitrogen and oxygen atoms in total. The van der Waals surface area contributed by atoms with E-state index >= 15 is 0 Å². The molecule has 0 bridgehead atoms. The summed E-state index contributed by atoms with van der Waals surface area (Å²) in [6, 6.07) is 6.19. The van der Waals surface area contributed by atoms with E-state index in [4.69, 9.17) is 0 Å². The van der Waals surface area contributed by atoms with Crippen molar-refractivity contribution in [3.63, 3.8) is 0 Å². The van der Waals surface area contributed by atoms with E-state index in [9.17, 15) is 19.7 Å². The maximum absolute atomic E-state index is 12.2. The van der Waals surface area contributed by atoms with Crippen LogP contribution in [0.5, 0.6) is 0 Å². The van der Waals surface area contributed by atoms with Gasteiger partial charge in [-0.15, -0.1) is 0 Å². The number of rotatable bonds is 4. The summed E-state index contributed by atoms with van der Waals surface area (Å²) >= 11 is 0. The van der Waals surface area contributed by atoms with Gasteiger partial charge in [0, 0.05) is 42.1 Å². The molecule has 23 heavy (non-hydrogen) atoms. The summed E-state index contributed by atoms with van der Waals surface area (Å²) in [5.74, 6) is -0.419. The first-order valence-corrected chi connectivity index (χ1v) is 7.16. The van der Waals surface area contributed by atoms with Crippen molar-refractivity contribution in [2.24, 2.45) is 0 Å². The number of nitro groups is 1. The monoisotopic (exact) mass is 314 g/mol. The van der Waals surface area contributed by atoms with Crippen molar-refractivity contribution in [1.82, 2.24) is 4.90 Å². The molecular weight excluding hydrogens is 296 g/mol. The maximum atomic E-state index is 12.2. The Morgan fingerprint density at radius 1 is 1.17 bits per heavy atom. The Labute approximate surface area is 134 Å². The lowest BCUT2D eigenvalue weighted by Gasteiger charge is -2.31. The number of ketones is 2. The van der Waals surface area contributed by atoms with Gasteiger partial charge in [-0.2, -0.15) is 0 Å². The Balaban J connectivity index is 2.88. The van der Waals surface area contributed by atoms with Gasteiger partial charge >= 0.3 is 0 Å². The van der Waals surface area contributed by atoms with Crippen LogP contribution in [0.25, 0.3) is 5.57 Å². The van der Waals surface area contributed by atoms with Crippen LogP contribution < -0.4 is 0 Å². The van der Waals surface area contributed by atoms with E-state index in [0.717, 1.165) is 0 Å². The number of nitro benzene ring substituents is 1. The minimum atomic E-state index is -0.495. The fourth-order valence-corrected chi connectivity index (χ4v) is 2.82. The number of benzene rings is 1. The van der Waals surface area contributed by atoms with Crippen molar-refractivity contribution in [2.45, 2.75) is 20.8 Å². The first kappa shape index (κ1) is 16.6. The molecule has 1 aliphatic heterocycles. The summed E-state index contributed by atoms with van der Waals surface area (Å²) in [5.41, 5.74) is 2.05. The van der Waals surface area contributed by atoms with Crippen LogP contribution in [0.2, 0.25) is 0 Å². The molecule has 1 aromatic rings. The fraction of sp³-hybridized carbons (Fsp3) is 0.294. The normalized spacial score (nSPS) is 15.0. The van der Waals surface area contributed by atoms with E-state index < -0.39 is 4.92 Å². The van der Waals surface area contributed by atoms with Crippen LogP contribution in [0.3, 0.4) is 0 Å². The highest BCUT2D eigenvalue weighted by atomic mass is 16.6. The molecule has 0 saturated carbocycles. The van der Waals surface area contributed by atoms with Gasteiger partial charge in [0.05, 0.1) is 10.5 Å². The zero-order chi connectivity index (χ0) is 17.3. The molecular formula is C17H18N2O4. The summed E-state index contributed by atoms with van der Waals surface area (Å²) in [6.45, 7) is 4.92. The van der Waals surface area contributed by atoms with Crippen molar-refractivity contribution in [2.75, 3.05) is 13.6 Å². The molecule has 0 atom stereocenters. The van der Waals surface area contributed by atoms with Crippen LogP contribution in [0.1, 0.15) is 26.3 Å². The number of carbonyl (C=O) groups is 2. The zero-order valence-corrected chi connectivity index (χ0v) is 13.5. The first-order chi connectivity index (χ1) is 10.8. The van der Waals surface area contributed by atoms with E-state index in [2.05, 4.69) is 0 Å². The number of allylic oxidation sites excluding steroid dienone is 3. The lowest BCUT2D eigenvalue weighted by Crippen LogP contribution is -2.30. The topological polar surface area (TPSA) is 80.5 Å². The Morgan fingerprint density at radius 2 is 1.78 bits per heavy atom. The lowest BCUT2D eigenvalue weighted by atomic mass is 9.84. The molecule has 0 fully saturated rings. The summed E-state index contributed by atoms with van der Waals surface area (Å²) in [5, 5.41) is 11.3. The fourth-order valence-electron chi connectivity index (χ4n) is 2.82. The third-order valence-corrected chi connectivity index (χ3v) is 4.03. The van der Waals surface area contributed by atoms with E-state index in [-0.39, 0.29) is 17.3 Å². The number of hydrogen-bond donors (Lipinski definition) is 0. The van der Waals surface area contributed by atoms with Gasteiger partial charge in [0.1, 0.15) is 0 Å². The van der Waals surface area contributed by atoms with E-state index in [1.165, 1.54) is 19.9 Å². The molecule has 0 spiro atoms. The SMILES string of the molecule is CC(=O)C1=C(c2ccccc2[N+](=O)[O-])C(C(C)=O)=C(C)N(C)C1. The molecule has 1 aliphatic rings. The quantitative estimate of drug-likeness (QED) is 0.630. The molecule has 0 saturated heterocycles. The third kappa shape index (κ3) is 2.92. The van der Waals surface area contributed by atoms with Crippen molar-refractivity contribution in [3.05, 3.63) is 56.8 Å². The minimum absolute atomic E-state index is 0.114. The van der Waals surface area contributed by atoms with E-state index in [0.29, 0.717) is 34.5 Å². The van der Waals surface area contributed by atoms with Crippen molar-refractivity contribution in [3.8, 4) is 0 Å². The van der Waals surface area contributed by atoms with Crippen molar-refractivity contribution >= 4 is 22.8 Å². The van der Waals surface area contributed by atoms with Gasteiger partial charge in [0.25, 0.3) is 5.69 Å². The summed E-state index contributed by atoms with van der Waals surface area (Å²) in [4.78, 5) is 37.0. The van der Waals surface area contributed by atoms with Gasteiger partial charge < -0.3 is 4.90 Å². The molecule has 1 aromatic carbocycles. The van der Waals surface area contributed by atoms with E-state index in [1.807, 2.05) is 4.90 Å². The van der Waals surface area contributed by atoms with Gasteiger partial charge in [0.2, 0.25) is 0 Å². The van der Waals surface area contributed by atoms with E-state index in [1.54, 1.807) is 32.2 Å². The molecule has 0 amide bonds. The highest BCUT2D eigenvalue weighted by molar-refractivity contribution is 6.17. The average molecular weight is 314 g/mol. The molecule has 1 heterocycles. The predicted octanol–water partition coefficient (Wildman–Crippen LogP) is 2.75. The number of likely N-dealkylation sites (N-methyl/N-ethyl adjacent to an activating group) is 1. The minimum Gasteiger partial charge on any atom is -0.373 e. The Morgan fingerprint density at radius 3 is 2.30 bits per heavy atom. The van der Waals surface area contributed by atoms with Gasteiger partial charge in [0.15, 0.2) is 11.6 Å². The molecule has 6 heteroatoms. The van der Waals surface area contributed by atoms with Gasteiger partial charge in [-0.1, -0.05) is 12.1 Å². The zero-order valence-electron chi connectivity index (χ0n) is 13.5. The van der Waals surface area contributed by atoms with Crippen LogP contribution in [-0.2, 0) is 9.59 Å². The van der Waals surface area contributed by atoms with Crippen LogP contribution in [-0.4, -0.2) is 35.0 Å². The lowest BCUT2D eigenvalue weighted by molar-refractivity contribution is -0.385. The summed E-state index contributed by atoms with van der Waals surface area (Å²) < 4.78 is 0. The number of Topliss-reactive ketones (excluding diaryl/α,β-unsaturated/α-hetero) is 2. The number of nitrogens with zero attached hydrogens (tertiary/aromatic N) is 2. The van der Waals surface area contributed by atoms with Gasteiger partial charge in [-0.05, 0) is 26.8 Å². The molecule has 0 N–H and O–H groups in total. The second-order valence-corrected chi connectivity index (χ2v) is 5.56. The Bertz CT molecular complexity index is 775.